The summed E-state index contributed by atoms with van der Waals surface area (Å²) in [5.74, 6) is 0.768. The Labute approximate surface area is 61.7 Å². The first-order valence-electron chi connectivity index (χ1n) is 2.69. The van der Waals surface area contributed by atoms with E-state index in [2.05, 4.69) is 10.0 Å². The lowest BCUT2D eigenvalue weighted by Gasteiger charge is -2.13. The van der Waals surface area contributed by atoms with Gasteiger partial charge in [0.25, 0.3) is 6.47 Å². The maximum absolute atomic E-state index is 9.96. The van der Waals surface area contributed by atoms with Crippen LogP contribution in [-0.2, 0) is 9.53 Å². The van der Waals surface area contributed by atoms with Gasteiger partial charge in [0.2, 0.25) is 5.56 Å². The number of carbonyl (C=O) groups is 1. The maximum Gasteiger partial charge on any atom is 0.295 e. The molecule has 1 atom stereocenters. The summed E-state index contributed by atoms with van der Waals surface area (Å²) in [5.41, 5.74) is -0.505. The summed E-state index contributed by atoms with van der Waals surface area (Å²) >= 11 is 1.38. The molecule has 0 N–H and O–H groups in total. The average Bonchev–Trinajstić information content (AvgIpc) is 2.36. The lowest BCUT2D eigenvalue weighted by Crippen LogP contribution is -2.24. The Morgan fingerprint density at radius 3 is 3.20 bits per heavy atom. The third-order valence-corrected chi connectivity index (χ3v) is 2.16. The Kier molecular flexibility index (Phi) is 2.49. The van der Waals surface area contributed by atoms with Crippen LogP contribution in [-0.4, -0.2) is 29.3 Å². The van der Waals surface area contributed by atoms with Crippen molar-refractivity contribution in [1.29, 1.82) is 0 Å². The van der Waals surface area contributed by atoms with Crippen molar-refractivity contribution < 1.29 is 9.53 Å². The van der Waals surface area contributed by atoms with Gasteiger partial charge in [0.05, 0.1) is 11.8 Å². The van der Waals surface area contributed by atoms with Crippen LogP contribution in [0.1, 0.15) is 0 Å². The van der Waals surface area contributed by atoms with E-state index in [1.165, 1.54) is 16.8 Å². The van der Waals surface area contributed by atoms with E-state index in [1.807, 2.05) is 0 Å². The summed E-state index contributed by atoms with van der Waals surface area (Å²) in [6.45, 7) is 0.869. The lowest BCUT2D eigenvalue weighted by molar-refractivity contribution is -0.135. The highest BCUT2D eigenvalue weighted by Gasteiger charge is 2.25. The van der Waals surface area contributed by atoms with Crippen LogP contribution in [0.15, 0.2) is 5.29 Å². The van der Waals surface area contributed by atoms with Gasteiger partial charge in [-0.2, -0.15) is 0 Å². The molecule has 10 heavy (non-hydrogen) atoms. The van der Waals surface area contributed by atoms with E-state index in [-0.39, 0.29) is 0 Å². The van der Waals surface area contributed by atoms with Crippen LogP contribution < -0.4 is 0 Å². The maximum atomic E-state index is 9.96. The molecular formula is C4H6N2O3S. The first-order valence-corrected chi connectivity index (χ1v) is 3.74. The second-order valence-corrected chi connectivity index (χ2v) is 2.80. The van der Waals surface area contributed by atoms with Gasteiger partial charge in [-0.15, -0.1) is 4.91 Å². The molecule has 0 radical (unpaired) electrons. The molecule has 0 aromatic rings. The fraction of sp³-hybridized carbons (Fsp3) is 0.750. The molecule has 0 aliphatic carbocycles. The third-order valence-electron chi connectivity index (χ3n) is 1.10. The highest BCUT2D eigenvalue weighted by Crippen LogP contribution is 2.23. The van der Waals surface area contributed by atoms with Gasteiger partial charge in [-0.3, -0.25) is 4.79 Å². The molecule has 5 nitrogen and oxygen atoms in total. The van der Waals surface area contributed by atoms with Crippen molar-refractivity contribution in [2.75, 3.05) is 12.3 Å². The quantitative estimate of drug-likeness (QED) is 0.437. The normalized spacial score (nSPS) is 24.4. The van der Waals surface area contributed by atoms with Gasteiger partial charge >= 0.3 is 0 Å². The predicted octanol–water partition coefficient (Wildman–Crippen LogP) is 0.173. The minimum atomic E-state index is -0.505. The molecule has 1 rings (SSSR count). The molecule has 56 valence electrons. The summed E-state index contributed by atoms with van der Waals surface area (Å²) in [4.78, 5) is 19.8. The van der Waals surface area contributed by atoms with Crippen molar-refractivity contribution >= 4 is 18.2 Å². The van der Waals surface area contributed by atoms with Gasteiger partial charge < -0.3 is 4.74 Å². The second-order valence-electron chi connectivity index (χ2n) is 1.65. The largest absolute Gasteiger partial charge is 0.432 e. The van der Waals surface area contributed by atoms with E-state index in [1.54, 1.807) is 0 Å². The van der Waals surface area contributed by atoms with E-state index in [4.69, 9.17) is 0 Å². The zero-order valence-electron chi connectivity index (χ0n) is 5.10. The molecule has 0 aromatic heterocycles. The number of nitroso groups, excluding NO2 is 1. The van der Waals surface area contributed by atoms with Crippen LogP contribution in [0.3, 0.4) is 0 Å². The van der Waals surface area contributed by atoms with Crippen LogP contribution in [0.5, 0.6) is 0 Å². The van der Waals surface area contributed by atoms with Gasteiger partial charge in [0.15, 0.2) is 0 Å². The smallest absolute Gasteiger partial charge is 0.295 e. The summed E-state index contributed by atoms with van der Waals surface area (Å²) < 4.78 is 4.52. The van der Waals surface area contributed by atoms with Crippen LogP contribution >= 0.6 is 11.8 Å². The number of hydrogen-bond donors (Lipinski definition) is 0. The molecule has 1 unspecified atom stereocenters. The number of carbonyl (C=O) groups excluding carboxylic acids is 1. The standard InChI is InChI=1S/C4H6N2O3S/c7-3-9-4-6(5-8)1-2-10-4/h3-4H,1-2H2. The van der Waals surface area contributed by atoms with Crippen molar-refractivity contribution in [1.82, 2.24) is 5.01 Å². The van der Waals surface area contributed by atoms with Crippen molar-refractivity contribution in [3.63, 3.8) is 0 Å². The number of thioether (sulfide) groups is 1. The van der Waals surface area contributed by atoms with Gasteiger partial charge in [-0.05, 0) is 0 Å². The zero-order valence-corrected chi connectivity index (χ0v) is 5.91. The summed E-state index contributed by atoms with van der Waals surface area (Å²) in [5, 5.41) is 3.86. The zero-order chi connectivity index (χ0) is 7.40. The molecule has 0 spiro atoms. The molecule has 0 amide bonds. The average molecular weight is 162 g/mol. The molecule has 6 heteroatoms. The van der Waals surface area contributed by atoms with Gasteiger partial charge in [0, 0.05) is 5.75 Å². The molecule has 1 heterocycles. The lowest BCUT2D eigenvalue weighted by atomic mass is 10.7. The topological polar surface area (TPSA) is 59.0 Å². The SMILES string of the molecule is O=COC1SCCN1N=O. The highest BCUT2D eigenvalue weighted by molar-refractivity contribution is 7.99. The molecule has 1 saturated heterocycles. The van der Waals surface area contributed by atoms with Crippen LogP contribution in [0.4, 0.5) is 0 Å². The van der Waals surface area contributed by atoms with E-state index < -0.39 is 5.56 Å². The van der Waals surface area contributed by atoms with Crippen molar-refractivity contribution in [3.8, 4) is 0 Å². The molecule has 1 aliphatic heterocycles. The van der Waals surface area contributed by atoms with Crippen molar-refractivity contribution in [2.24, 2.45) is 5.29 Å². The van der Waals surface area contributed by atoms with Crippen molar-refractivity contribution in [3.05, 3.63) is 4.91 Å². The minimum Gasteiger partial charge on any atom is -0.432 e. The number of hydrogen-bond acceptors (Lipinski definition) is 5. The molecular weight excluding hydrogens is 156 g/mol. The van der Waals surface area contributed by atoms with Crippen LogP contribution in [0.2, 0.25) is 0 Å². The second kappa shape index (κ2) is 3.40. The Balaban J connectivity index is 2.41. The van der Waals surface area contributed by atoms with Gasteiger partial charge in [-0.25, -0.2) is 5.01 Å². The number of nitrogens with zero attached hydrogens (tertiary/aromatic N) is 2. The van der Waals surface area contributed by atoms with E-state index in [0.29, 0.717) is 13.0 Å². The van der Waals surface area contributed by atoms with Crippen LogP contribution in [0, 0.1) is 4.91 Å². The fourth-order valence-corrected chi connectivity index (χ4v) is 1.61. The summed E-state index contributed by atoms with van der Waals surface area (Å²) in [7, 11) is 0. The third kappa shape index (κ3) is 1.38. The first-order chi connectivity index (χ1) is 4.88. The van der Waals surface area contributed by atoms with E-state index in [0.717, 1.165) is 5.75 Å². The molecule has 1 fully saturated rings. The predicted molar refractivity (Wildman–Crippen MR) is 35.9 cm³/mol. The Hall–Kier alpha value is -0.780. The number of rotatable bonds is 3. The summed E-state index contributed by atoms with van der Waals surface area (Å²) in [6, 6.07) is 0. The Bertz CT molecular complexity index is 142. The monoisotopic (exact) mass is 162 g/mol. The minimum absolute atomic E-state index is 0.321. The molecule has 0 aromatic carbocycles. The number of ether oxygens (including phenoxy) is 1. The van der Waals surface area contributed by atoms with E-state index >= 15 is 0 Å². The first kappa shape index (κ1) is 7.33. The Morgan fingerprint density at radius 1 is 1.80 bits per heavy atom. The highest BCUT2D eigenvalue weighted by atomic mass is 32.2. The fourth-order valence-electron chi connectivity index (χ4n) is 0.675. The van der Waals surface area contributed by atoms with Gasteiger partial charge in [0.1, 0.15) is 0 Å². The van der Waals surface area contributed by atoms with E-state index in [9.17, 15) is 9.70 Å². The van der Waals surface area contributed by atoms with Crippen molar-refractivity contribution in [2.45, 2.75) is 5.56 Å². The summed E-state index contributed by atoms with van der Waals surface area (Å²) in [6.07, 6.45) is 0. The van der Waals surface area contributed by atoms with Gasteiger partial charge in [-0.1, -0.05) is 11.8 Å². The Morgan fingerprint density at radius 2 is 2.60 bits per heavy atom. The molecule has 1 aliphatic rings. The van der Waals surface area contributed by atoms with Crippen LogP contribution in [0.25, 0.3) is 0 Å². The molecule has 0 bridgehead atoms. The molecule has 0 saturated carbocycles.